The van der Waals surface area contributed by atoms with Crippen molar-refractivity contribution in [2.75, 3.05) is 0 Å². The van der Waals surface area contributed by atoms with E-state index in [4.69, 9.17) is 0 Å². The molecule has 2 heterocycles. The molecule has 0 unspecified atom stereocenters. The summed E-state index contributed by atoms with van der Waals surface area (Å²) in [6.07, 6.45) is 4.48. The van der Waals surface area contributed by atoms with Gasteiger partial charge in [-0.15, -0.1) is 0 Å². The van der Waals surface area contributed by atoms with Gasteiger partial charge in [-0.1, -0.05) is 140 Å². The van der Waals surface area contributed by atoms with Gasteiger partial charge in [0.05, 0.1) is 27.8 Å². The minimum absolute atomic E-state index is 1.16. The number of para-hydroxylation sites is 4. The Hall–Kier alpha value is -6.90. The highest BCUT2D eigenvalue weighted by atomic mass is 15.0. The van der Waals surface area contributed by atoms with Crippen molar-refractivity contribution in [3.63, 3.8) is 0 Å². The molecule has 0 N–H and O–H groups in total. The molecule has 0 bridgehead atoms. The molecule has 2 heteroatoms. The fraction of sp³-hybridized carbons (Fsp3) is 0.0385. The lowest BCUT2D eigenvalue weighted by Crippen LogP contribution is -1.99. The van der Waals surface area contributed by atoms with Crippen LogP contribution in [0.5, 0.6) is 0 Å². The van der Waals surface area contributed by atoms with Crippen LogP contribution < -0.4 is 0 Å². The van der Waals surface area contributed by atoms with Gasteiger partial charge in [-0.05, 0) is 107 Å². The number of hydrogen-bond acceptors (Lipinski definition) is 0. The summed E-state index contributed by atoms with van der Waals surface area (Å²) < 4.78 is 4.81. The number of aromatic nitrogens is 2. The van der Waals surface area contributed by atoms with E-state index >= 15 is 0 Å². The van der Waals surface area contributed by atoms with Gasteiger partial charge in [0.1, 0.15) is 0 Å². The minimum Gasteiger partial charge on any atom is -0.309 e. The Morgan fingerprint density at radius 3 is 1.61 bits per heavy atom. The van der Waals surface area contributed by atoms with Crippen molar-refractivity contribution < 1.29 is 0 Å². The third-order valence-electron chi connectivity index (χ3n) is 11.1. The lowest BCUT2D eigenvalue weighted by Gasteiger charge is -2.17. The quantitative estimate of drug-likeness (QED) is 0.154. The number of benzene rings is 8. The monoisotopic (exact) mass is 690 g/mol. The average molecular weight is 691 g/mol. The van der Waals surface area contributed by atoms with Crippen molar-refractivity contribution in [1.82, 2.24) is 9.13 Å². The van der Waals surface area contributed by atoms with E-state index in [0.29, 0.717) is 0 Å². The SMILES string of the molecule is Cc1cc(-c2ccc(C=Cc3ccccc3-c3ccc4c(c3)c3ccccc3n4-c3ccccc3)cc2)c(-n2c3ccccc3c3ccccc32)cc1C. The zero-order valence-corrected chi connectivity index (χ0v) is 30.4. The molecule has 0 radical (unpaired) electrons. The van der Waals surface area contributed by atoms with Gasteiger partial charge in [0.25, 0.3) is 0 Å². The van der Waals surface area contributed by atoms with Gasteiger partial charge in [-0.2, -0.15) is 0 Å². The van der Waals surface area contributed by atoms with E-state index in [1.165, 1.54) is 93.9 Å². The molecule has 0 fully saturated rings. The van der Waals surface area contributed by atoms with Crippen molar-refractivity contribution in [3.8, 4) is 33.6 Å². The molecule has 0 spiro atoms. The molecule has 10 aromatic rings. The summed E-state index contributed by atoms with van der Waals surface area (Å²) >= 11 is 0. The maximum absolute atomic E-state index is 2.44. The molecule has 256 valence electrons. The van der Waals surface area contributed by atoms with Crippen LogP contribution in [0.25, 0.3) is 89.4 Å². The zero-order valence-electron chi connectivity index (χ0n) is 30.4. The molecule has 2 nitrogen and oxygen atoms in total. The zero-order chi connectivity index (χ0) is 36.2. The van der Waals surface area contributed by atoms with E-state index in [2.05, 4.69) is 217 Å². The molecule has 0 aliphatic rings. The normalized spacial score (nSPS) is 11.8. The highest BCUT2D eigenvalue weighted by molar-refractivity contribution is 6.11. The second kappa shape index (κ2) is 12.9. The Morgan fingerprint density at radius 2 is 0.907 bits per heavy atom. The Kier molecular flexibility index (Phi) is 7.63. The summed E-state index contributed by atoms with van der Waals surface area (Å²) in [7, 11) is 0. The van der Waals surface area contributed by atoms with Gasteiger partial charge in [0, 0.05) is 32.8 Å². The maximum Gasteiger partial charge on any atom is 0.0543 e. The number of rotatable bonds is 6. The molecule has 0 atom stereocenters. The van der Waals surface area contributed by atoms with E-state index in [1.54, 1.807) is 0 Å². The van der Waals surface area contributed by atoms with E-state index in [0.717, 1.165) is 5.56 Å². The predicted molar refractivity (Wildman–Crippen MR) is 231 cm³/mol. The van der Waals surface area contributed by atoms with Crippen LogP contribution in [0.3, 0.4) is 0 Å². The Bertz CT molecular complexity index is 2990. The average Bonchev–Trinajstić information content (AvgIpc) is 3.74. The summed E-state index contributed by atoms with van der Waals surface area (Å²) in [5, 5.41) is 5.07. The van der Waals surface area contributed by atoms with Crippen molar-refractivity contribution in [3.05, 3.63) is 204 Å². The highest BCUT2D eigenvalue weighted by Crippen LogP contribution is 2.39. The highest BCUT2D eigenvalue weighted by Gasteiger charge is 2.17. The number of hydrogen-bond donors (Lipinski definition) is 0. The first-order chi connectivity index (χ1) is 26.6. The molecule has 0 saturated carbocycles. The first-order valence-electron chi connectivity index (χ1n) is 18.7. The summed E-state index contributed by atoms with van der Waals surface area (Å²) in [6.45, 7) is 4.42. The van der Waals surface area contributed by atoms with E-state index in [9.17, 15) is 0 Å². The van der Waals surface area contributed by atoms with Gasteiger partial charge >= 0.3 is 0 Å². The molecule has 2 aromatic heterocycles. The van der Waals surface area contributed by atoms with Crippen molar-refractivity contribution >= 4 is 55.8 Å². The second-order valence-corrected chi connectivity index (χ2v) is 14.3. The summed E-state index contributed by atoms with van der Waals surface area (Å²) in [4.78, 5) is 0. The topological polar surface area (TPSA) is 9.86 Å². The summed E-state index contributed by atoms with van der Waals surface area (Å²) in [5.74, 6) is 0. The van der Waals surface area contributed by atoms with Crippen LogP contribution >= 0.6 is 0 Å². The standard InChI is InChI=1S/C52H38N2/c1-35-32-46(52(33-36(35)2)54-49-22-12-8-18-43(49)44-19-9-13-23-50(44)54)39-28-25-37(26-29-39)24-27-38-14-6-7-17-42(38)40-30-31-51-47(34-40)45-20-10-11-21-48(45)53(51)41-15-4-3-5-16-41/h3-34H,1-2H3. The largest absolute Gasteiger partial charge is 0.309 e. The molecular formula is C52H38N2. The van der Waals surface area contributed by atoms with Crippen molar-refractivity contribution in [2.24, 2.45) is 0 Å². The van der Waals surface area contributed by atoms with Crippen LogP contribution in [-0.4, -0.2) is 9.13 Å². The number of aryl methyl sites for hydroxylation is 2. The lowest BCUT2D eigenvalue weighted by molar-refractivity contribution is 1.16. The first kappa shape index (κ1) is 31.8. The maximum atomic E-state index is 2.44. The van der Waals surface area contributed by atoms with Crippen molar-refractivity contribution in [2.45, 2.75) is 13.8 Å². The van der Waals surface area contributed by atoms with E-state index in [1.807, 2.05) is 0 Å². The van der Waals surface area contributed by atoms with Gasteiger partial charge in [0.15, 0.2) is 0 Å². The van der Waals surface area contributed by atoms with E-state index < -0.39 is 0 Å². The molecule has 8 aromatic carbocycles. The lowest BCUT2D eigenvalue weighted by atomic mass is 9.96. The molecular weight excluding hydrogens is 653 g/mol. The molecule has 0 aliphatic heterocycles. The third kappa shape index (κ3) is 5.26. The Morgan fingerprint density at radius 1 is 0.370 bits per heavy atom. The molecule has 10 rings (SSSR count). The van der Waals surface area contributed by atoms with Crippen LogP contribution in [0, 0.1) is 13.8 Å². The van der Waals surface area contributed by atoms with Crippen LogP contribution in [0.1, 0.15) is 22.3 Å². The molecule has 0 amide bonds. The fourth-order valence-corrected chi connectivity index (χ4v) is 8.26. The third-order valence-corrected chi connectivity index (χ3v) is 11.1. The van der Waals surface area contributed by atoms with Gasteiger partial charge in [-0.25, -0.2) is 0 Å². The number of nitrogens with zero attached hydrogens (tertiary/aromatic N) is 2. The van der Waals surface area contributed by atoms with Gasteiger partial charge in [0.2, 0.25) is 0 Å². The van der Waals surface area contributed by atoms with Crippen LogP contribution in [-0.2, 0) is 0 Å². The van der Waals surface area contributed by atoms with Crippen LogP contribution in [0.4, 0.5) is 0 Å². The van der Waals surface area contributed by atoms with Gasteiger partial charge < -0.3 is 9.13 Å². The molecule has 0 saturated heterocycles. The van der Waals surface area contributed by atoms with Crippen LogP contribution in [0.15, 0.2) is 182 Å². The van der Waals surface area contributed by atoms with Gasteiger partial charge in [-0.3, -0.25) is 0 Å². The number of fused-ring (bicyclic) bond motifs is 6. The van der Waals surface area contributed by atoms with Crippen LogP contribution in [0.2, 0.25) is 0 Å². The summed E-state index contributed by atoms with van der Waals surface area (Å²) in [5.41, 5.74) is 17.1. The first-order valence-corrected chi connectivity index (χ1v) is 18.7. The second-order valence-electron chi connectivity index (χ2n) is 14.3. The fourth-order valence-electron chi connectivity index (χ4n) is 8.26. The molecule has 54 heavy (non-hydrogen) atoms. The van der Waals surface area contributed by atoms with Crippen molar-refractivity contribution in [1.29, 1.82) is 0 Å². The minimum atomic E-state index is 1.16. The Labute approximate surface area is 315 Å². The predicted octanol–water partition coefficient (Wildman–Crippen LogP) is 14.0. The Balaban J connectivity index is 1.01. The smallest absolute Gasteiger partial charge is 0.0543 e. The van der Waals surface area contributed by atoms with E-state index in [-0.39, 0.29) is 0 Å². The molecule has 0 aliphatic carbocycles. The summed E-state index contributed by atoms with van der Waals surface area (Å²) in [6, 6.07) is 66.2.